The van der Waals surface area contributed by atoms with Gasteiger partial charge in [0, 0.05) is 38.6 Å². The normalized spacial score (nSPS) is 15.9. The minimum absolute atomic E-state index is 0.0429. The number of likely N-dealkylation sites (N-methyl/N-ethyl adjacent to an activating group) is 1. The Hall–Kier alpha value is -1.71. The van der Waals surface area contributed by atoms with Crippen LogP contribution in [0.25, 0.3) is 5.57 Å². The average molecular weight is 191 g/mol. The summed E-state index contributed by atoms with van der Waals surface area (Å²) in [5, 5.41) is 2.69. The highest BCUT2D eigenvalue weighted by atomic mass is 16.1. The number of aryl methyl sites for hydroxylation is 1. The van der Waals surface area contributed by atoms with Crippen LogP contribution in [-0.2, 0) is 7.05 Å². The minimum atomic E-state index is -0.0429. The molecule has 0 aromatic carbocycles. The first kappa shape index (κ1) is 8.87. The van der Waals surface area contributed by atoms with Crippen LogP contribution in [0.2, 0.25) is 0 Å². The van der Waals surface area contributed by atoms with Gasteiger partial charge in [0.15, 0.2) is 0 Å². The van der Waals surface area contributed by atoms with Crippen LogP contribution in [0.5, 0.6) is 0 Å². The topological polar surface area (TPSA) is 41.0 Å². The van der Waals surface area contributed by atoms with Crippen molar-refractivity contribution >= 4 is 5.57 Å². The highest BCUT2D eigenvalue weighted by molar-refractivity contribution is 5.73. The third-order valence-corrected chi connectivity index (χ3v) is 2.21. The molecule has 1 aromatic rings. The second-order valence-corrected chi connectivity index (χ2v) is 3.52. The third-order valence-electron chi connectivity index (χ3n) is 2.21. The zero-order valence-electron chi connectivity index (χ0n) is 8.32. The Bertz CT molecular complexity index is 450. The van der Waals surface area contributed by atoms with Gasteiger partial charge in [0.05, 0.1) is 5.56 Å². The van der Waals surface area contributed by atoms with Crippen molar-refractivity contribution < 1.29 is 0 Å². The molecule has 14 heavy (non-hydrogen) atoms. The van der Waals surface area contributed by atoms with E-state index in [1.807, 2.05) is 37.3 Å². The number of H-pyrrole nitrogens is 1. The molecule has 0 atom stereocenters. The van der Waals surface area contributed by atoms with E-state index in [1.165, 1.54) is 0 Å². The van der Waals surface area contributed by atoms with E-state index in [1.54, 1.807) is 10.9 Å². The number of nitrogens with one attached hydrogen (secondary N) is 1. The Balaban J connectivity index is 2.45. The predicted molar refractivity (Wildman–Crippen MR) is 55.8 cm³/mol. The van der Waals surface area contributed by atoms with Crippen molar-refractivity contribution in [3.63, 3.8) is 0 Å². The van der Waals surface area contributed by atoms with Crippen LogP contribution in [0.1, 0.15) is 5.56 Å². The molecule has 0 amide bonds. The monoisotopic (exact) mass is 191 g/mol. The second-order valence-electron chi connectivity index (χ2n) is 3.52. The summed E-state index contributed by atoms with van der Waals surface area (Å²) in [6.07, 6.45) is 7.80. The molecule has 4 nitrogen and oxygen atoms in total. The molecule has 0 fully saturated rings. The molecule has 0 radical (unpaired) electrons. The van der Waals surface area contributed by atoms with E-state index in [9.17, 15) is 4.79 Å². The van der Waals surface area contributed by atoms with E-state index < -0.39 is 0 Å². The van der Waals surface area contributed by atoms with Gasteiger partial charge in [0.2, 0.25) is 0 Å². The number of aromatic amines is 1. The molecule has 0 saturated heterocycles. The number of nitrogens with zero attached hydrogens (tertiary/aromatic N) is 2. The van der Waals surface area contributed by atoms with Crippen molar-refractivity contribution in [3.05, 3.63) is 40.5 Å². The van der Waals surface area contributed by atoms with E-state index in [4.69, 9.17) is 0 Å². The predicted octanol–water partition coefficient (Wildman–Crippen LogP) is 0.556. The van der Waals surface area contributed by atoms with E-state index >= 15 is 0 Å². The summed E-state index contributed by atoms with van der Waals surface area (Å²) in [6.45, 7) is 0.897. The summed E-state index contributed by atoms with van der Waals surface area (Å²) in [5.41, 5.74) is 1.63. The van der Waals surface area contributed by atoms with Crippen LogP contribution in [0, 0.1) is 0 Å². The Kier molecular flexibility index (Phi) is 2.04. The molecule has 2 rings (SSSR count). The van der Waals surface area contributed by atoms with Crippen LogP contribution >= 0.6 is 0 Å². The fourth-order valence-electron chi connectivity index (χ4n) is 1.55. The maximum absolute atomic E-state index is 11.5. The molecule has 4 heteroatoms. The number of aromatic nitrogens is 2. The fraction of sp³-hybridized carbons (Fsp3) is 0.300. The van der Waals surface area contributed by atoms with Gasteiger partial charge >= 0.3 is 0 Å². The number of rotatable bonds is 1. The van der Waals surface area contributed by atoms with Crippen LogP contribution in [0.4, 0.5) is 0 Å². The number of hydrogen-bond acceptors (Lipinski definition) is 2. The minimum Gasteiger partial charge on any atom is -0.376 e. The van der Waals surface area contributed by atoms with Gasteiger partial charge in [-0.1, -0.05) is 12.2 Å². The van der Waals surface area contributed by atoms with Gasteiger partial charge in [-0.05, 0) is 0 Å². The molecule has 1 aromatic heterocycles. The van der Waals surface area contributed by atoms with Crippen molar-refractivity contribution in [2.75, 3.05) is 13.6 Å². The Morgan fingerprint density at radius 2 is 2.21 bits per heavy atom. The Morgan fingerprint density at radius 1 is 1.43 bits per heavy atom. The zero-order valence-corrected chi connectivity index (χ0v) is 8.32. The molecule has 74 valence electrons. The van der Waals surface area contributed by atoms with Gasteiger partial charge < -0.3 is 4.90 Å². The summed E-state index contributed by atoms with van der Waals surface area (Å²) in [7, 11) is 3.79. The maximum Gasteiger partial charge on any atom is 0.271 e. The van der Waals surface area contributed by atoms with E-state index in [0.29, 0.717) is 0 Å². The summed E-state index contributed by atoms with van der Waals surface area (Å²) in [4.78, 5) is 13.5. The molecule has 0 spiro atoms. The summed E-state index contributed by atoms with van der Waals surface area (Å²) in [6, 6.07) is 0. The highest BCUT2D eigenvalue weighted by Gasteiger charge is 2.09. The quantitative estimate of drug-likeness (QED) is 0.704. The van der Waals surface area contributed by atoms with E-state index in [-0.39, 0.29) is 5.56 Å². The van der Waals surface area contributed by atoms with Crippen LogP contribution in [0.15, 0.2) is 29.3 Å². The Labute approximate surface area is 82.1 Å². The largest absolute Gasteiger partial charge is 0.376 e. The molecular weight excluding hydrogens is 178 g/mol. The fourth-order valence-corrected chi connectivity index (χ4v) is 1.55. The van der Waals surface area contributed by atoms with Gasteiger partial charge in [0.1, 0.15) is 0 Å². The smallest absolute Gasteiger partial charge is 0.271 e. The van der Waals surface area contributed by atoms with Crippen molar-refractivity contribution in [2.45, 2.75) is 0 Å². The molecular formula is C10H13N3O. The lowest BCUT2D eigenvalue weighted by molar-refractivity contribution is 0.507. The first-order chi connectivity index (χ1) is 6.66. The lowest BCUT2D eigenvalue weighted by Crippen LogP contribution is -2.15. The van der Waals surface area contributed by atoms with Gasteiger partial charge in [-0.15, -0.1) is 0 Å². The molecule has 0 saturated carbocycles. The first-order valence-corrected chi connectivity index (χ1v) is 4.51. The summed E-state index contributed by atoms with van der Waals surface area (Å²) in [5.74, 6) is 0. The first-order valence-electron chi connectivity index (χ1n) is 4.51. The molecule has 1 aliphatic heterocycles. The van der Waals surface area contributed by atoms with Crippen molar-refractivity contribution in [2.24, 2.45) is 7.05 Å². The lowest BCUT2D eigenvalue weighted by atomic mass is 10.1. The molecule has 0 unspecified atom stereocenters. The van der Waals surface area contributed by atoms with Crippen LogP contribution in [0.3, 0.4) is 0 Å². The summed E-state index contributed by atoms with van der Waals surface area (Å²) < 4.78 is 1.67. The van der Waals surface area contributed by atoms with Gasteiger partial charge in [0.25, 0.3) is 5.56 Å². The number of hydrogen-bond donors (Lipinski definition) is 1. The Morgan fingerprint density at radius 3 is 2.79 bits per heavy atom. The lowest BCUT2D eigenvalue weighted by Gasteiger charge is -2.16. The molecule has 0 bridgehead atoms. The highest BCUT2D eigenvalue weighted by Crippen LogP contribution is 2.15. The van der Waals surface area contributed by atoms with Gasteiger partial charge in [-0.2, -0.15) is 0 Å². The second kappa shape index (κ2) is 3.21. The zero-order chi connectivity index (χ0) is 10.1. The molecule has 0 aliphatic carbocycles. The van der Waals surface area contributed by atoms with Crippen molar-refractivity contribution in [1.29, 1.82) is 0 Å². The van der Waals surface area contributed by atoms with E-state index in [2.05, 4.69) is 5.10 Å². The molecule has 1 aliphatic rings. The molecule has 1 N–H and O–H groups in total. The third kappa shape index (κ3) is 1.51. The van der Waals surface area contributed by atoms with Crippen LogP contribution in [-0.4, -0.2) is 28.3 Å². The van der Waals surface area contributed by atoms with Gasteiger partial charge in [-0.3, -0.25) is 14.6 Å². The number of allylic oxidation sites excluding steroid dienone is 2. The standard InChI is InChI=1S/C10H13N3O/c1-12-5-3-4-8(6-12)9-7-13(2)11-10(9)14/h3-4,6-7H,5H2,1-2H3,(H,11,14). The van der Waals surface area contributed by atoms with Crippen LogP contribution < -0.4 is 5.56 Å². The average Bonchev–Trinajstić information content (AvgIpc) is 2.45. The van der Waals surface area contributed by atoms with E-state index in [0.717, 1.165) is 17.7 Å². The maximum atomic E-state index is 11.5. The van der Waals surface area contributed by atoms with Crippen molar-refractivity contribution in [1.82, 2.24) is 14.7 Å². The SMILES string of the molecule is CN1C=C(c2cn(C)[nH]c2=O)C=CC1. The van der Waals surface area contributed by atoms with Crippen molar-refractivity contribution in [3.8, 4) is 0 Å². The molecule has 2 heterocycles. The summed E-state index contributed by atoms with van der Waals surface area (Å²) >= 11 is 0. The van der Waals surface area contributed by atoms with Gasteiger partial charge in [-0.25, -0.2) is 0 Å².